The van der Waals surface area contributed by atoms with Gasteiger partial charge >= 0.3 is 0 Å². The topological polar surface area (TPSA) is 98.7 Å². The van der Waals surface area contributed by atoms with Gasteiger partial charge in [-0.15, -0.1) is 0 Å². The predicted octanol–water partition coefficient (Wildman–Crippen LogP) is -0.0580. The van der Waals surface area contributed by atoms with Crippen molar-refractivity contribution >= 4 is 11.9 Å². The fraction of sp³-hybridized carbons (Fsp3) is 0.111. The summed E-state index contributed by atoms with van der Waals surface area (Å²) in [6, 6.07) is 0. The zero-order chi connectivity index (χ0) is 12.4. The number of rotatable bonds is 3. The van der Waals surface area contributed by atoms with Gasteiger partial charge in [0.2, 0.25) is 5.95 Å². The first-order valence-electron chi connectivity index (χ1n) is 4.67. The van der Waals surface area contributed by atoms with E-state index in [1.165, 1.54) is 12.4 Å². The molecule has 0 saturated carbocycles. The van der Waals surface area contributed by atoms with Crippen molar-refractivity contribution in [3.63, 3.8) is 0 Å². The number of aromatic nitrogens is 4. The summed E-state index contributed by atoms with van der Waals surface area (Å²) < 4.78 is 14.6. The molecule has 1 amide bonds. The molecular formula is C9H9FN6O. The lowest BCUT2D eigenvalue weighted by atomic mass is 10.3. The van der Waals surface area contributed by atoms with Gasteiger partial charge < -0.3 is 11.1 Å². The standard InChI is InChI=1S/C9H9FN6O/c1-12-9-13-3-6(10)8(15-9)16-4-5(2-14-16)7(11)17/h2-4H,1H3,(H2,11,17)(H,12,13,15). The van der Waals surface area contributed by atoms with E-state index in [2.05, 4.69) is 20.4 Å². The van der Waals surface area contributed by atoms with E-state index in [1.54, 1.807) is 7.05 Å². The minimum atomic E-state index is -0.650. The third-order valence-corrected chi connectivity index (χ3v) is 2.03. The van der Waals surface area contributed by atoms with Gasteiger partial charge in [-0.3, -0.25) is 4.79 Å². The number of hydrogen-bond donors (Lipinski definition) is 2. The number of halogens is 1. The number of primary amides is 1. The lowest BCUT2D eigenvalue weighted by Gasteiger charge is -2.03. The zero-order valence-electron chi connectivity index (χ0n) is 8.88. The number of carbonyl (C=O) groups is 1. The van der Waals surface area contributed by atoms with Crippen molar-refractivity contribution in [2.24, 2.45) is 5.73 Å². The summed E-state index contributed by atoms with van der Waals surface area (Å²) >= 11 is 0. The van der Waals surface area contributed by atoms with Crippen LogP contribution in [0.15, 0.2) is 18.6 Å². The molecule has 2 aromatic heterocycles. The molecule has 0 bridgehead atoms. The molecule has 3 N–H and O–H groups in total. The summed E-state index contributed by atoms with van der Waals surface area (Å²) in [4.78, 5) is 18.5. The van der Waals surface area contributed by atoms with E-state index in [0.717, 1.165) is 10.9 Å². The van der Waals surface area contributed by atoms with Gasteiger partial charge in [-0.05, 0) is 0 Å². The van der Waals surface area contributed by atoms with Gasteiger partial charge in [-0.1, -0.05) is 0 Å². The Hall–Kier alpha value is -2.51. The molecule has 0 fully saturated rings. The van der Waals surface area contributed by atoms with Crippen LogP contribution in [0.25, 0.3) is 5.82 Å². The number of anilines is 1. The molecule has 2 rings (SSSR count). The van der Waals surface area contributed by atoms with Gasteiger partial charge in [-0.25, -0.2) is 14.1 Å². The fourth-order valence-corrected chi connectivity index (χ4v) is 1.21. The Morgan fingerprint density at radius 1 is 1.53 bits per heavy atom. The molecule has 0 unspecified atom stereocenters. The molecule has 0 spiro atoms. The first kappa shape index (κ1) is 11.0. The van der Waals surface area contributed by atoms with Crippen LogP contribution >= 0.6 is 0 Å². The third-order valence-electron chi connectivity index (χ3n) is 2.03. The van der Waals surface area contributed by atoms with E-state index in [-0.39, 0.29) is 17.3 Å². The van der Waals surface area contributed by atoms with E-state index in [1.807, 2.05) is 0 Å². The molecule has 0 aromatic carbocycles. The first-order chi connectivity index (χ1) is 8.11. The Morgan fingerprint density at radius 3 is 2.88 bits per heavy atom. The monoisotopic (exact) mass is 236 g/mol. The first-order valence-corrected chi connectivity index (χ1v) is 4.67. The molecule has 8 heteroatoms. The van der Waals surface area contributed by atoms with Crippen molar-refractivity contribution in [2.75, 3.05) is 12.4 Å². The molecule has 0 atom stereocenters. The maximum absolute atomic E-state index is 13.5. The molecule has 0 aliphatic rings. The van der Waals surface area contributed by atoms with Gasteiger partial charge in [0, 0.05) is 13.2 Å². The van der Waals surface area contributed by atoms with Gasteiger partial charge in [0.15, 0.2) is 11.6 Å². The maximum atomic E-state index is 13.5. The summed E-state index contributed by atoms with van der Waals surface area (Å²) in [6.45, 7) is 0. The van der Waals surface area contributed by atoms with Crippen molar-refractivity contribution in [1.29, 1.82) is 0 Å². The maximum Gasteiger partial charge on any atom is 0.251 e. The fourth-order valence-electron chi connectivity index (χ4n) is 1.21. The smallest absolute Gasteiger partial charge is 0.251 e. The molecule has 0 radical (unpaired) electrons. The van der Waals surface area contributed by atoms with E-state index < -0.39 is 11.7 Å². The number of amides is 1. The Kier molecular flexibility index (Phi) is 2.69. The van der Waals surface area contributed by atoms with Crippen molar-refractivity contribution in [2.45, 2.75) is 0 Å². The van der Waals surface area contributed by atoms with Crippen LogP contribution in [-0.2, 0) is 0 Å². The number of nitrogens with two attached hydrogens (primary N) is 1. The molecule has 7 nitrogen and oxygen atoms in total. The van der Waals surface area contributed by atoms with Crippen LogP contribution in [0.2, 0.25) is 0 Å². The highest BCUT2D eigenvalue weighted by Gasteiger charge is 2.11. The lowest BCUT2D eigenvalue weighted by molar-refractivity contribution is 0.100. The van der Waals surface area contributed by atoms with E-state index in [4.69, 9.17) is 5.73 Å². The van der Waals surface area contributed by atoms with Crippen LogP contribution in [0.1, 0.15) is 10.4 Å². The summed E-state index contributed by atoms with van der Waals surface area (Å²) in [5.41, 5.74) is 5.24. The zero-order valence-corrected chi connectivity index (χ0v) is 8.88. The van der Waals surface area contributed by atoms with Crippen LogP contribution in [0.4, 0.5) is 10.3 Å². The van der Waals surface area contributed by atoms with Gasteiger partial charge in [-0.2, -0.15) is 10.1 Å². The molecule has 2 aromatic rings. The highest BCUT2D eigenvalue weighted by atomic mass is 19.1. The summed E-state index contributed by atoms with van der Waals surface area (Å²) in [7, 11) is 1.61. The molecule has 2 heterocycles. The average molecular weight is 236 g/mol. The Balaban J connectivity index is 2.47. The van der Waals surface area contributed by atoms with Gasteiger partial charge in [0.05, 0.1) is 18.0 Å². The predicted molar refractivity (Wildman–Crippen MR) is 57.2 cm³/mol. The van der Waals surface area contributed by atoms with Crippen LogP contribution in [0.3, 0.4) is 0 Å². The van der Waals surface area contributed by atoms with Crippen LogP contribution < -0.4 is 11.1 Å². The molecule has 0 aliphatic carbocycles. The number of hydrogen-bond acceptors (Lipinski definition) is 5. The lowest BCUT2D eigenvalue weighted by Crippen LogP contribution is -2.10. The second-order valence-electron chi connectivity index (χ2n) is 3.15. The van der Waals surface area contributed by atoms with Crippen molar-refractivity contribution in [3.8, 4) is 5.82 Å². The minimum Gasteiger partial charge on any atom is -0.366 e. The van der Waals surface area contributed by atoms with Crippen LogP contribution in [-0.4, -0.2) is 32.7 Å². The number of nitrogens with one attached hydrogen (secondary N) is 1. The number of nitrogens with zero attached hydrogens (tertiary/aromatic N) is 4. The quantitative estimate of drug-likeness (QED) is 0.777. The van der Waals surface area contributed by atoms with Crippen molar-refractivity contribution in [3.05, 3.63) is 30.0 Å². The third kappa shape index (κ3) is 2.05. The van der Waals surface area contributed by atoms with Crippen LogP contribution in [0.5, 0.6) is 0 Å². The number of carbonyl (C=O) groups excluding carboxylic acids is 1. The highest BCUT2D eigenvalue weighted by Crippen LogP contribution is 2.11. The Bertz CT molecular complexity index is 566. The molecular weight excluding hydrogens is 227 g/mol. The van der Waals surface area contributed by atoms with Crippen LogP contribution in [0, 0.1) is 5.82 Å². The summed E-state index contributed by atoms with van der Waals surface area (Å²) in [6.07, 6.45) is 3.55. The molecule has 0 saturated heterocycles. The second kappa shape index (κ2) is 4.16. The van der Waals surface area contributed by atoms with E-state index >= 15 is 0 Å². The highest BCUT2D eigenvalue weighted by molar-refractivity contribution is 5.92. The van der Waals surface area contributed by atoms with Gasteiger partial charge in [0.1, 0.15) is 0 Å². The normalized spacial score (nSPS) is 10.2. The Labute approximate surface area is 95.5 Å². The van der Waals surface area contributed by atoms with Gasteiger partial charge in [0.25, 0.3) is 5.91 Å². The summed E-state index contributed by atoms with van der Waals surface area (Å²) in [5.74, 6) is -1.10. The minimum absolute atomic E-state index is 0.0585. The Morgan fingerprint density at radius 2 is 2.29 bits per heavy atom. The molecule has 0 aliphatic heterocycles. The SMILES string of the molecule is CNc1ncc(F)c(-n2cc(C(N)=O)cn2)n1. The van der Waals surface area contributed by atoms with Crippen molar-refractivity contribution in [1.82, 2.24) is 19.7 Å². The second-order valence-corrected chi connectivity index (χ2v) is 3.15. The largest absolute Gasteiger partial charge is 0.366 e. The molecule has 88 valence electrons. The van der Waals surface area contributed by atoms with E-state index in [9.17, 15) is 9.18 Å². The van der Waals surface area contributed by atoms with Crippen molar-refractivity contribution < 1.29 is 9.18 Å². The average Bonchev–Trinajstić information content (AvgIpc) is 2.79. The van der Waals surface area contributed by atoms with E-state index in [0.29, 0.717) is 0 Å². The molecule has 17 heavy (non-hydrogen) atoms. The summed E-state index contributed by atoms with van der Waals surface area (Å²) in [5, 5.41) is 6.47.